The number of carbonyl (C=O) groups excluding carboxylic acids is 1. The molecular formula is C25H39N3O. The van der Waals surface area contributed by atoms with Crippen molar-refractivity contribution in [3.63, 3.8) is 0 Å². The first-order chi connectivity index (χ1) is 14.0. The van der Waals surface area contributed by atoms with E-state index in [9.17, 15) is 4.79 Å². The molecule has 0 aromatic heterocycles. The van der Waals surface area contributed by atoms with Crippen molar-refractivity contribution in [2.24, 2.45) is 11.8 Å². The minimum Gasteiger partial charge on any atom is -0.369 e. The van der Waals surface area contributed by atoms with Crippen LogP contribution in [0.2, 0.25) is 0 Å². The Bertz CT molecular complexity index is 697. The average molecular weight is 398 g/mol. The third-order valence-electron chi connectivity index (χ3n) is 7.52. The molecule has 4 nitrogen and oxygen atoms in total. The fourth-order valence-corrected chi connectivity index (χ4v) is 5.78. The molecule has 1 amide bonds. The fraction of sp³-hybridized carbons (Fsp3) is 0.720. The number of hydrogen-bond acceptors (Lipinski definition) is 3. The van der Waals surface area contributed by atoms with Crippen molar-refractivity contribution in [1.82, 2.24) is 9.80 Å². The summed E-state index contributed by atoms with van der Waals surface area (Å²) in [7, 11) is 0. The first-order valence-electron chi connectivity index (χ1n) is 11.9. The van der Waals surface area contributed by atoms with Gasteiger partial charge in [-0.15, -0.1) is 0 Å². The number of rotatable bonds is 3. The van der Waals surface area contributed by atoms with Gasteiger partial charge in [-0.25, -0.2) is 0 Å². The van der Waals surface area contributed by atoms with Gasteiger partial charge in [-0.2, -0.15) is 0 Å². The summed E-state index contributed by atoms with van der Waals surface area (Å²) in [6.07, 6.45) is 7.43. The highest BCUT2D eigenvalue weighted by Gasteiger charge is 2.30. The third-order valence-corrected chi connectivity index (χ3v) is 7.52. The molecule has 3 atom stereocenters. The molecule has 0 N–H and O–H groups in total. The van der Waals surface area contributed by atoms with Gasteiger partial charge >= 0.3 is 0 Å². The quantitative estimate of drug-likeness (QED) is 0.743. The summed E-state index contributed by atoms with van der Waals surface area (Å²) in [6.45, 7) is 12.4. The largest absolute Gasteiger partial charge is 0.369 e. The number of nitrogens with zero attached hydrogens (tertiary/aromatic N) is 3. The van der Waals surface area contributed by atoms with Gasteiger partial charge in [0.2, 0.25) is 0 Å². The van der Waals surface area contributed by atoms with Gasteiger partial charge in [0.1, 0.15) is 0 Å². The zero-order chi connectivity index (χ0) is 20.4. The van der Waals surface area contributed by atoms with Gasteiger partial charge < -0.3 is 9.80 Å². The van der Waals surface area contributed by atoms with Crippen LogP contribution in [0.3, 0.4) is 0 Å². The first-order valence-corrected chi connectivity index (χ1v) is 11.9. The molecule has 0 saturated carbocycles. The summed E-state index contributed by atoms with van der Waals surface area (Å²) < 4.78 is 0. The first kappa shape index (κ1) is 20.7. The van der Waals surface area contributed by atoms with E-state index in [2.05, 4.69) is 53.7 Å². The molecule has 3 fully saturated rings. The summed E-state index contributed by atoms with van der Waals surface area (Å²) in [4.78, 5) is 20.5. The Kier molecular flexibility index (Phi) is 6.48. The van der Waals surface area contributed by atoms with Crippen LogP contribution >= 0.6 is 0 Å². The molecule has 1 aromatic rings. The lowest BCUT2D eigenvalue weighted by molar-refractivity contribution is 0.0542. The van der Waals surface area contributed by atoms with Gasteiger partial charge in [-0.3, -0.25) is 9.69 Å². The van der Waals surface area contributed by atoms with Crippen LogP contribution in [0.15, 0.2) is 24.3 Å². The zero-order valence-electron chi connectivity index (χ0n) is 18.6. The van der Waals surface area contributed by atoms with E-state index >= 15 is 0 Å². The molecule has 3 heterocycles. The topological polar surface area (TPSA) is 26.8 Å². The number of likely N-dealkylation sites (tertiary alicyclic amines) is 2. The van der Waals surface area contributed by atoms with Crippen molar-refractivity contribution in [2.45, 2.75) is 71.4 Å². The summed E-state index contributed by atoms with van der Waals surface area (Å²) in [5.41, 5.74) is 2.07. The standard InChI is InChI=1S/C25H39N3O/c1-19-9-15-28(21(3)16-19)24-8-4-7-22(17-24)25(29)26-13-10-23(11-14-26)27-12-5-6-20(2)18-27/h4,7-8,17,19-21,23H,5-6,9-16,18H2,1-3H3. The molecule has 0 bridgehead atoms. The number of carbonyl (C=O) groups is 1. The van der Waals surface area contributed by atoms with Crippen molar-refractivity contribution in [3.8, 4) is 0 Å². The highest BCUT2D eigenvalue weighted by atomic mass is 16.2. The lowest BCUT2D eigenvalue weighted by Crippen LogP contribution is -2.49. The Hall–Kier alpha value is -1.55. The highest BCUT2D eigenvalue weighted by Crippen LogP contribution is 2.29. The van der Waals surface area contributed by atoms with Crippen molar-refractivity contribution < 1.29 is 4.79 Å². The van der Waals surface area contributed by atoms with Crippen molar-refractivity contribution in [3.05, 3.63) is 29.8 Å². The Morgan fingerprint density at radius 2 is 1.72 bits per heavy atom. The Morgan fingerprint density at radius 3 is 2.45 bits per heavy atom. The summed E-state index contributed by atoms with van der Waals surface area (Å²) in [5, 5.41) is 0. The molecule has 160 valence electrons. The molecule has 3 saturated heterocycles. The predicted octanol–water partition coefficient (Wildman–Crippen LogP) is 4.65. The van der Waals surface area contributed by atoms with Crippen LogP contribution < -0.4 is 4.90 Å². The molecule has 3 unspecified atom stereocenters. The fourth-order valence-electron chi connectivity index (χ4n) is 5.78. The van der Waals surface area contributed by atoms with Gasteiger partial charge in [0, 0.05) is 49.5 Å². The van der Waals surface area contributed by atoms with E-state index in [0.717, 1.165) is 49.9 Å². The number of amides is 1. The lowest BCUT2D eigenvalue weighted by Gasteiger charge is -2.42. The second-order valence-corrected chi connectivity index (χ2v) is 9.99. The highest BCUT2D eigenvalue weighted by molar-refractivity contribution is 5.95. The third kappa shape index (κ3) is 4.79. The van der Waals surface area contributed by atoms with Gasteiger partial charge in [0.15, 0.2) is 0 Å². The maximum atomic E-state index is 13.2. The molecular weight excluding hydrogens is 358 g/mol. The second kappa shape index (κ2) is 9.07. The maximum absolute atomic E-state index is 13.2. The van der Waals surface area contributed by atoms with E-state index in [4.69, 9.17) is 0 Å². The normalized spacial score (nSPS) is 29.8. The molecule has 4 heteroatoms. The van der Waals surface area contributed by atoms with Crippen LogP contribution in [0, 0.1) is 11.8 Å². The average Bonchev–Trinajstić information content (AvgIpc) is 2.73. The zero-order valence-corrected chi connectivity index (χ0v) is 18.6. The van der Waals surface area contributed by atoms with Crippen LogP contribution in [0.5, 0.6) is 0 Å². The summed E-state index contributed by atoms with van der Waals surface area (Å²) >= 11 is 0. The molecule has 4 rings (SSSR count). The van der Waals surface area contributed by atoms with Gasteiger partial charge in [-0.05, 0) is 82.0 Å². The van der Waals surface area contributed by atoms with Gasteiger partial charge in [-0.1, -0.05) is 19.9 Å². The minimum atomic E-state index is 0.218. The SMILES string of the molecule is CC1CCN(c2cccc(C(=O)N3CCC(N4CCCC(C)C4)CC3)c2)C(C)C1. The van der Waals surface area contributed by atoms with Crippen molar-refractivity contribution in [2.75, 3.05) is 37.6 Å². The van der Waals surface area contributed by atoms with Crippen LogP contribution in [-0.2, 0) is 0 Å². The molecule has 0 radical (unpaired) electrons. The molecule has 0 aliphatic carbocycles. The van der Waals surface area contributed by atoms with Crippen molar-refractivity contribution in [1.29, 1.82) is 0 Å². The smallest absolute Gasteiger partial charge is 0.253 e. The van der Waals surface area contributed by atoms with E-state index < -0.39 is 0 Å². The van der Waals surface area contributed by atoms with E-state index in [-0.39, 0.29) is 5.91 Å². The second-order valence-electron chi connectivity index (χ2n) is 9.99. The molecule has 1 aromatic carbocycles. The van der Waals surface area contributed by atoms with Crippen LogP contribution in [-0.4, -0.2) is 60.5 Å². The van der Waals surface area contributed by atoms with Crippen LogP contribution in [0.4, 0.5) is 5.69 Å². The Labute approximate surface area is 177 Å². The van der Waals surface area contributed by atoms with E-state index in [1.54, 1.807) is 0 Å². The van der Waals surface area contributed by atoms with E-state index in [1.807, 2.05) is 6.07 Å². The summed E-state index contributed by atoms with van der Waals surface area (Å²) in [5.74, 6) is 1.84. The minimum absolute atomic E-state index is 0.218. The van der Waals surface area contributed by atoms with Gasteiger partial charge in [0.05, 0.1) is 0 Å². The van der Waals surface area contributed by atoms with E-state index in [1.165, 1.54) is 44.5 Å². The molecule has 3 aliphatic heterocycles. The monoisotopic (exact) mass is 397 g/mol. The number of piperidine rings is 3. The summed E-state index contributed by atoms with van der Waals surface area (Å²) in [6, 6.07) is 9.59. The van der Waals surface area contributed by atoms with Gasteiger partial charge in [0.25, 0.3) is 5.91 Å². The Morgan fingerprint density at radius 1 is 0.931 bits per heavy atom. The van der Waals surface area contributed by atoms with Crippen LogP contribution in [0.1, 0.15) is 69.7 Å². The molecule has 0 spiro atoms. The van der Waals surface area contributed by atoms with Crippen LogP contribution in [0.25, 0.3) is 0 Å². The lowest BCUT2D eigenvalue weighted by atomic mass is 9.92. The molecule has 29 heavy (non-hydrogen) atoms. The van der Waals surface area contributed by atoms with E-state index in [0.29, 0.717) is 12.1 Å². The number of benzene rings is 1. The maximum Gasteiger partial charge on any atom is 0.253 e. The number of anilines is 1. The van der Waals surface area contributed by atoms with Crippen molar-refractivity contribution >= 4 is 11.6 Å². The molecule has 3 aliphatic rings. The number of hydrogen-bond donors (Lipinski definition) is 0. The predicted molar refractivity (Wildman–Crippen MR) is 121 cm³/mol. The Balaban J connectivity index is 1.37.